The zero-order valence-corrected chi connectivity index (χ0v) is 13.4. The molecule has 2 aromatic rings. The van der Waals surface area contributed by atoms with E-state index in [1.165, 1.54) is 12.3 Å². The van der Waals surface area contributed by atoms with E-state index < -0.39 is 11.0 Å². The molecule has 2 aromatic heterocycles. The van der Waals surface area contributed by atoms with E-state index in [2.05, 4.69) is 9.88 Å². The van der Waals surface area contributed by atoms with Crippen LogP contribution in [-0.2, 0) is 0 Å². The quantitative estimate of drug-likeness (QED) is 0.666. The molecule has 1 fully saturated rings. The minimum Gasteiger partial charge on any atom is -0.467 e. The number of nitrogens with zero attached hydrogens (tertiary/aromatic N) is 3. The van der Waals surface area contributed by atoms with E-state index in [9.17, 15) is 15.2 Å². The van der Waals surface area contributed by atoms with Crippen LogP contribution >= 0.6 is 0 Å². The maximum atomic E-state index is 10.8. The number of rotatable bonds is 5. The molecule has 3 heterocycles. The Bertz CT molecular complexity index is 657. The first-order valence-electron chi connectivity index (χ1n) is 8.23. The summed E-state index contributed by atoms with van der Waals surface area (Å²) >= 11 is 0. The van der Waals surface area contributed by atoms with E-state index in [-0.39, 0.29) is 11.7 Å². The predicted molar refractivity (Wildman–Crippen MR) is 88.8 cm³/mol. The van der Waals surface area contributed by atoms with Gasteiger partial charge in [-0.15, -0.1) is 0 Å². The van der Waals surface area contributed by atoms with E-state index in [0.29, 0.717) is 12.2 Å². The molecule has 0 spiro atoms. The number of hydrogen-bond donors (Lipinski definition) is 1. The molecule has 24 heavy (non-hydrogen) atoms. The number of nitro groups is 1. The molecule has 0 bridgehead atoms. The van der Waals surface area contributed by atoms with Gasteiger partial charge < -0.3 is 14.4 Å². The van der Waals surface area contributed by atoms with Gasteiger partial charge in [0.05, 0.1) is 11.2 Å². The Kier molecular flexibility index (Phi) is 5.10. The van der Waals surface area contributed by atoms with Crippen LogP contribution in [0.4, 0.5) is 11.5 Å². The van der Waals surface area contributed by atoms with Gasteiger partial charge in [-0.05, 0) is 31.0 Å². The van der Waals surface area contributed by atoms with Crippen LogP contribution in [0.25, 0.3) is 0 Å². The zero-order chi connectivity index (χ0) is 16.9. The number of pyridine rings is 1. The maximum Gasteiger partial charge on any atom is 0.287 e. The van der Waals surface area contributed by atoms with Crippen molar-refractivity contribution in [3.8, 4) is 0 Å². The number of anilines is 1. The van der Waals surface area contributed by atoms with Gasteiger partial charge in [-0.3, -0.25) is 10.1 Å². The highest BCUT2D eigenvalue weighted by Crippen LogP contribution is 2.30. The minimum atomic E-state index is -0.663. The van der Waals surface area contributed by atoms with Crippen molar-refractivity contribution in [1.29, 1.82) is 0 Å². The molecule has 1 aliphatic rings. The van der Waals surface area contributed by atoms with Crippen LogP contribution in [0, 0.1) is 10.1 Å². The Morgan fingerprint density at radius 3 is 2.92 bits per heavy atom. The first-order chi connectivity index (χ1) is 11.6. The molecule has 1 saturated heterocycles. The number of hydrogen-bond acceptors (Lipinski definition) is 6. The molecular formula is C17H21N3O4. The van der Waals surface area contributed by atoms with Gasteiger partial charge >= 0.3 is 0 Å². The fourth-order valence-corrected chi connectivity index (χ4v) is 3.23. The number of aliphatic hydroxyl groups excluding tert-OH is 1. The van der Waals surface area contributed by atoms with Gasteiger partial charge in [0.1, 0.15) is 23.9 Å². The van der Waals surface area contributed by atoms with Gasteiger partial charge in [0.2, 0.25) is 0 Å². The molecule has 0 aliphatic carbocycles. The van der Waals surface area contributed by atoms with Crippen molar-refractivity contribution in [2.24, 2.45) is 0 Å². The molecule has 0 amide bonds. The Balaban J connectivity index is 1.78. The summed E-state index contributed by atoms with van der Waals surface area (Å²) in [7, 11) is 0. The first-order valence-corrected chi connectivity index (χ1v) is 8.23. The average Bonchev–Trinajstić information content (AvgIpc) is 3.03. The van der Waals surface area contributed by atoms with E-state index in [4.69, 9.17) is 4.42 Å². The van der Waals surface area contributed by atoms with Crippen LogP contribution in [0.5, 0.6) is 0 Å². The molecule has 7 nitrogen and oxygen atoms in total. The van der Waals surface area contributed by atoms with Crippen molar-refractivity contribution >= 4 is 11.5 Å². The maximum absolute atomic E-state index is 10.8. The molecule has 128 valence electrons. The molecule has 7 heteroatoms. The Hall–Kier alpha value is -2.41. The van der Waals surface area contributed by atoms with Gasteiger partial charge in [0.25, 0.3) is 5.69 Å². The van der Waals surface area contributed by atoms with Gasteiger partial charge in [0.15, 0.2) is 0 Å². The summed E-state index contributed by atoms with van der Waals surface area (Å²) in [5.41, 5.74) is -0.0132. The smallest absolute Gasteiger partial charge is 0.287 e. The van der Waals surface area contributed by atoms with Crippen molar-refractivity contribution in [3.05, 3.63) is 52.6 Å². The Morgan fingerprint density at radius 1 is 1.38 bits per heavy atom. The normalized spacial score (nSPS) is 19.7. The fraction of sp³-hybridized carbons (Fsp3) is 0.471. The third kappa shape index (κ3) is 3.73. The van der Waals surface area contributed by atoms with E-state index >= 15 is 0 Å². The average molecular weight is 331 g/mol. The molecular weight excluding hydrogens is 310 g/mol. The highest BCUT2D eigenvalue weighted by Gasteiger charge is 2.26. The summed E-state index contributed by atoms with van der Waals surface area (Å²) < 4.78 is 5.29. The van der Waals surface area contributed by atoms with Crippen molar-refractivity contribution in [2.45, 2.75) is 44.2 Å². The second-order valence-electron chi connectivity index (χ2n) is 6.10. The lowest BCUT2D eigenvalue weighted by atomic mass is 10.0. The first kappa shape index (κ1) is 16.4. The SMILES string of the molecule is O=[N+]([O-])c1ccc(N2CCCCC[C@H]2C[C@H](O)c2ccco2)nc1. The largest absolute Gasteiger partial charge is 0.467 e. The lowest BCUT2D eigenvalue weighted by Crippen LogP contribution is -2.36. The van der Waals surface area contributed by atoms with Crippen molar-refractivity contribution < 1.29 is 14.4 Å². The molecule has 3 rings (SSSR count). The monoisotopic (exact) mass is 331 g/mol. The molecule has 0 saturated carbocycles. The van der Waals surface area contributed by atoms with Crippen molar-refractivity contribution in [3.63, 3.8) is 0 Å². The molecule has 0 unspecified atom stereocenters. The topological polar surface area (TPSA) is 92.6 Å². The van der Waals surface area contributed by atoms with Crippen LogP contribution < -0.4 is 4.90 Å². The summed E-state index contributed by atoms with van der Waals surface area (Å²) in [5, 5.41) is 21.2. The lowest BCUT2D eigenvalue weighted by molar-refractivity contribution is -0.385. The lowest BCUT2D eigenvalue weighted by Gasteiger charge is -2.32. The third-order valence-corrected chi connectivity index (χ3v) is 4.48. The van der Waals surface area contributed by atoms with E-state index in [1.807, 2.05) is 0 Å². The number of furan rings is 1. The zero-order valence-electron chi connectivity index (χ0n) is 13.4. The van der Waals surface area contributed by atoms with Crippen LogP contribution in [0.1, 0.15) is 44.0 Å². The van der Waals surface area contributed by atoms with E-state index in [1.54, 1.807) is 24.5 Å². The van der Waals surface area contributed by atoms with Crippen LogP contribution in [0.15, 0.2) is 41.1 Å². The number of aromatic nitrogens is 1. The standard InChI is InChI=1S/C17H21N3O4/c21-15(16-6-4-10-24-16)11-13-5-2-1-3-9-19(13)17-8-7-14(12-18-17)20(22)23/h4,6-8,10,12-13,15,21H,1-3,5,9,11H2/t13-,15-/m0/s1. The molecule has 1 N–H and O–H groups in total. The van der Waals surface area contributed by atoms with Gasteiger partial charge in [-0.2, -0.15) is 0 Å². The second-order valence-corrected chi connectivity index (χ2v) is 6.10. The summed E-state index contributed by atoms with van der Waals surface area (Å²) in [6.45, 7) is 0.834. The minimum absolute atomic E-state index is 0.0132. The van der Waals surface area contributed by atoms with E-state index in [0.717, 1.165) is 38.0 Å². The molecule has 2 atom stereocenters. The van der Waals surface area contributed by atoms with Crippen LogP contribution in [0.3, 0.4) is 0 Å². The van der Waals surface area contributed by atoms with Crippen LogP contribution in [0.2, 0.25) is 0 Å². The van der Waals surface area contributed by atoms with Crippen molar-refractivity contribution in [1.82, 2.24) is 4.98 Å². The summed E-state index contributed by atoms with van der Waals surface area (Å²) in [6, 6.07) is 6.83. The molecule has 0 aromatic carbocycles. The van der Waals surface area contributed by atoms with Gasteiger partial charge in [-0.25, -0.2) is 4.98 Å². The highest BCUT2D eigenvalue weighted by atomic mass is 16.6. The number of aliphatic hydroxyl groups is 1. The highest BCUT2D eigenvalue weighted by molar-refractivity contribution is 5.44. The predicted octanol–water partition coefficient (Wildman–Crippen LogP) is 3.46. The van der Waals surface area contributed by atoms with Gasteiger partial charge in [0, 0.05) is 25.1 Å². The summed E-state index contributed by atoms with van der Waals surface area (Å²) in [6.07, 6.45) is 6.97. The van der Waals surface area contributed by atoms with Crippen molar-refractivity contribution in [2.75, 3.05) is 11.4 Å². The van der Waals surface area contributed by atoms with Crippen LogP contribution in [-0.4, -0.2) is 27.6 Å². The third-order valence-electron chi connectivity index (χ3n) is 4.48. The second kappa shape index (κ2) is 7.44. The molecule has 1 aliphatic heterocycles. The Labute approximate surface area is 140 Å². The Morgan fingerprint density at radius 2 is 2.25 bits per heavy atom. The summed E-state index contributed by atoms with van der Waals surface area (Å²) in [4.78, 5) is 16.8. The summed E-state index contributed by atoms with van der Waals surface area (Å²) in [5.74, 6) is 1.29. The fourth-order valence-electron chi connectivity index (χ4n) is 3.23. The van der Waals surface area contributed by atoms with Gasteiger partial charge in [-0.1, -0.05) is 12.8 Å². The molecule has 0 radical (unpaired) electrons.